The molecule has 0 fully saturated rings. The van der Waals surface area contributed by atoms with Crippen LogP contribution in [0.15, 0.2) is 11.1 Å². The minimum atomic E-state index is -3.62. The summed E-state index contributed by atoms with van der Waals surface area (Å²) in [5.41, 5.74) is 5.57. The summed E-state index contributed by atoms with van der Waals surface area (Å²) >= 11 is 0. The number of ether oxygens (including phenoxy) is 1. The van der Waals surface area contributed by atoms with Gasteiger partial charge < -0.3 is 10.5 Å². The molecule has 0 saturated carbocycles. The van der Waals surface area contributed by atoms with E-state index in [1.165, 1.54) is 10.9 Å². The van der Waals surface area contributed by atoms with Crippen LogP contribution in [-0.2, 0) is 21.3 Å². The Kier molecular flexibility index (Phi) is 5.12. The fraction of sp³-hybridized carbons (Fsp3) is 0.700. The second-order valence-electron chi connectivity index (χ2n) is 4.05. The van der Waals surface area contributed by atoms with Crippen molar-refractivity contribution >= 4 is 15.8 Å². The lowest BCUT2D eigenvalue weighted by atomic mass is 10.5. The molecule has 0 amide bonds. The van der Waals surface area contributed by atoms with Crippen molar-refractivity contribution in [1.29, 1.82) is 0 Å². The standard InChI is InChI=1S/C10H20N4O3S/c1-4-14-7-9(10(11)13-14)18(15,16)12-5-6-17-8(2)3/h7-8,12H,4-6H2,1-3H3,(H2,11,13). The smallest absolute Gasteiger partial charge is 0.245 e. The van der Waals surface area contributed by atoms with Gasteiger partial charge in [-0.25, -0.2) is 13.1 Å². The van der Waals surface area contributed by atoms with Crippen LogP contribution >= 0.6 is 0 Å². The van der Waals surface area contributed by atoms with Gasteiger partial charge in [-0.2, -0.15) is 5.10 Å². The average molecular weight is 276 g/mol. The van der Waals surface area contributed by atoms with E-state index in [0.29, 0.717) is 13.2 Å². The zero-order valence-corrected chi connectivity index (χ0v) is 11.7. The van der Waals surface area contributed by atoms with Crippen molar-refractivity contribution in [3.8, 4) is 0 Å². The van der Waals surface area contributed by atoms with Gasteiger partial charge in [0.1, 0.15) is 4.90 Å². The summed E-state index contributed by atoms with van der Waals surface area (Å²) < 4.78 is 33.0. The first kappa shape index (κ1) is 14.9. The Morgan fingerprint density at radius 3 is 2.72 bits per heavy atom. The van der Waals surface area contributed by atoms with Gasteiger partial charge in [0.05, 0.1) is 12.7 Å². The van der Waals surface area contributed by atoms with E-state index in [1.54, 1.807) is 0 Å². The van der Waals surface area contributed by atoms with Crippen LogP contribution < -0.4 is 10.5 Å². The van der Waals surface area contributed by atoms with Crippen LogP contribution in [-0.4, -0.2) is 37.5 Å². The number of nitrogens with zero attached hydrogens (tertiary/aromatic N) is 2. The summed E-state index contributed by atoms with van der Waals surface area (Å²) in [4.78, 5) is 0.00824. The van der Waals surface area contributed by atoms with Crippen LogP contribution in [0.2, 0.25) is 0 Å². The quantitative estimate of drug-likeness (QED) is 0.692. The fourth-order valence-corrected chi connectivity index (χ4v) is 2.42. The molecule has 104 valence electrons. The summed E-state index contributed by atoms with van der Waals surface area (Å²) in [6.45, 7) is 6.72. The largest absolute Gasteiger partial charge is 0.381 e. The van der Waals surface area contributed by atoms with Crippen molar-refractivity contribution < 1.29 is 13.2 Å². The van der Waals surface area contributed by atoms with E-state index in [-0.39, 0.29) is 23.4 Å². The summed E-state index contributed by atoms with van der Waals surface area (Å²) in [6.07, 6.45) is 1.49. The van der Waals surface area contributed by atoms with Gasteiger partial charge in [0.2, 0.25) is 10.0 Å². The number of anilines is 1. The number of aromatic nitrogens is 2. The summed E-state index contributed by atoms with van der Waals surface area (Å²) in [5.74, 6) is 0.00845. The van der Waals surface area contributed by atoms with Gasteiger partial charge in [-0.1, -0.05) is 0 Å². The maximum absolute atomic E-state index is 11.9. The molecule has 0 unspecified atom stereocenters. The van der Waals surface area contributed by atoms with Crippen LogP contribution in [0, 0.1) is 0 Å². The highest BCUT2D eigenvalue weighted by Gasteiger charge is 2.20. The van der Waals surface area contributed by atoms with Crippen LogP contribution in [0.3, 0.4) is 0 Å². The highest BCUT2D eigenvalue weighted by atomic mass is 32.2. The molecule has 18 heavy (non-hydrogen) atoms. The van der Waals surface area contributed by atoms with Crippen LogP contribution in [0.25, 0.3) is 0 Å². The topological polar surface area (TPSA) is 99.2 Å². The number of aryl methyl sites for hydroxylation is 1. The van der Waals surface area contributed by atoms with Gasteiger partial charge in [0, 0.05) is 19.3 Å². The lowest BCUT2D eigenvalue weighted by molar-refractivity contribution is 0.0834. The first-order chi connectivity index (χ1) is 8.36. The molecule has 0 aliphatic rings. The minimum Gasteiger partial charge on any atom is -0.381 e. The van der Waals surface area contributed by atoms with Gasteiger partial charge in [-0.15, -0.1) is 0 Å². The van der Waals surface area contributed by atoms with Gasteiger partial charge in [-0.3, -0.25) is 4.68 Å². The molecular weight excluding hydrogens is 256 g/mol. The third-order valence-corrected chi connectivity index (χ3v) is 3.69. The lowest BCUT2D eigenvalue weighted by Crippen LogP contribution is -2.28. The molecule has 1 heterocycles. The number of hydrogen-bond acceptors (Lipinski definition) is 5. The molecule has 0 aromatic carbocycles. The number of nitrogen functional groups attached to an aromatic ring is 1. The van der Waals surface area contributed by atoms with Crippen molar-refractivity contribution in [3.05, 3.63) is 6.20 Å². The zero-order valence-electron chi connectivity index (χ0n) is 10.9. The Labute approximate surface area is 107 Å². The number of nitrogens with one attached hydrogen (secondary N) is 1. The first-order valence-electron chi connectivity index (χ1n) is 5.81. The van der Waals surface area contributed by atoms with E-state index in [0.717, 1.165) is 0 Å². The molecule has 0 radical (unpaired) electrons. The SMILES string of the molecule is CCn1cc(S(=O)(=O)NCCOC(C)C)c(N)n1. The number of rotatable bonds is 7. The van der Waals surface area contributed by atoms with E-state index < -0.39 is 10.0 Å². The number of nitrogens with two attached hydrogens (primary N) is 1. The molecule has 0 saturated heterocycles. The van der Waals surface area contributed by atoms with Crippen molar-refractivity contribution in [3.63, 3.8) is 0 Å². The Morgan fingerprint density at radius 1 is 1.56 bits per heavy atom. The third kappa shape index (κ3) is 3.97. The zero-order chi connectivity index (χ0) is 13.8. The monoisotopic (exact) mass is 276 g/mol. The molecule has 7 nitrogen and oxygen atoms in total. The van der Waals surface area contributed by atoms with Crippen molar-refractivity contribution in [2.75, 3.05) is 18.9 Å². The van der Waals surface area contributed by atoms with Crippen molar-refractivity contribution in [2.45, 2.75) is 38.3 Å². The van der Waals surface area contributed by atoms with E-state index >= 15 is 0 Å². The van der Waals surface area contributed by atoms with Crippen LogP contribution in [0.4, 0.5) is 5.82 Å². The van der Waals surface area contributed by atoms with Gasteiger partial charge >= 0.3 is 0 Å². The first-order valence-corrected chi connectivity index (χ1v) is 7.29. The molecule has 1 aromatic rings. The second kappa shape index (κ2) is 6.17. The van der Waals surface area contributed by atoms with Gasteiger partial charge in [-0.05, 0) is 20.8 Å². The number of sulfonamides is 1. The molecule has 0 bridgehead atoms. The predicted molar refractivity (Wildman–Crippen MR) is 68.6 cm³/mol. The normalized spacial score (nSPS) is 12.2. The number of hydrogen-bond donors (Lipinski definition) is 2. The van der Waals surface area contributed by atoms with E-state index in [4.69, 9.17) is 10.5 Å². The summed E-state index contributed by atoms with van der Waals surface area (Å²) in [7, 11) is -3.62. The maximum atomic E-state index is 11.9. The highest BCUT2D eigenvalue weighted by Crippen LogP contribution is 2.15. The second-order valence-corrected chi connectivity index (χ2v) is 5.79. The third-order valence-electron chi connectivity index (χ3n) is 2.21. The molecule has 8 heteroatoms. The van der Waals surface area contributed by atoms with E-state index in [9.17, 15) is 8.42 Å². The van der Waals surface area contributed by atoms with Crippen LogP contribution in [0.1, 0.15) is 20.8 Å². The Bertz CT molecular complexity index is 481. The fourth-order valence-electron chi connectivity index (χ4n) is 1.34. The molecular formula is C10H20N4O3S. The molecule has 1 aromatic heterocycles. The lowest BCUT2D eigenvalue weighted by Gasteiger charge is -2.08. The molecule has 0 aliphatic heterocycles. The molecule has 1 rings (SSSR count). The highest BCUT2D eigenvalue weighted by molar-refractivity contribution is 7.89. The minimum absolute atomic E-state index is 0.00824. The predicted octanol–water partition coefficient (Wildman–Crippen LogP) is 0.189. The molecule has 3 N–H and O–H groups in total. The van der Waals surface area contributed by atoms with Gasteiger partial charge in [0.15, 0.2) is 5.82 Å². The molecule has 0 spiro atoms. The van der Waals surface area contributed by atoms with E-state index in [1.807, 2.05) is 20.8 Å². The van der Waals surface area contributed by atoms with Gasteiger partial charge in [0.25, 0.3) is 0 Å². The van der Waals surface area contributed by atoms with E-state index in [2.05, 4.69) is 9.82 Å². The van der Waals surface area contributed by atoms with Crippen molar-refractivity contribution in [2.24, 2.45) is 0 Å². The Hall–Kier alpha value is -1.12. The van der Waals surface area contributed by atoms with Crippen molar-refractivity contribution in [1.82, 2.24) is 14.5 Å². The summed E-state index contributed by atoms with van der Waals surface area (Å²) in [5, 5.41) is 3.90. The van der Waals surface area contributed by atoms with Crippen LogP contribution in [0.5, 0.6) is 0 Å². The average Bonchev–Trinajstić information content (AvgIpc) is 2.66. The molecule has 0 aliphatic carbocycles. The maximum Gasteiger partial charge on any atom is 0.245 e. The Morgan fingerprint density at radius 2 is 2.22 bits per heavy atom. The molecule has 0 atom stereocenters. The summed E-state index contributed by atoms with van der Waals surface area (Å²) in [6, 6.07) is 0. The Balaban J connectivity index is 2.65.